The largest absolute Gasteiger partial charge is 0.494 e. The molecule has 0 radical (unpaired) electrons. The Morgan fingerprint density at radius 3 is 1.82 bits per heavy atom. The summed E-state index contributed by atoms with van der Waals surface area (Å²) < 4.78 is 18.4. The lowest BCUT2D eigenvalue weighted by Crippen LogP contribution is -2.57. The predicted octanol–water partition coefficient (Wildman–Crippen LogP) is 10.2. The molecule has 1 spiro atoms. The molecule has 5 heteroatoms. The minimum atomic E-state index is -0.397. The van der Waals surface area contributed by atoms with E-state index in [0.717, 1.165) is 17.3 Å². The van der Waals surface area contributed by atoms with Gasteiger partial charge in [-0.15, -0.1) is 0 Å². The van der Waals surface area contributed by atoms with Gasteiger partial charge in [-0.05, 0) is 136 Å². The Labute approximate surface area is 299 Å². The second-order valence-electron chi connectivity index (χ2n) is 17.6. The molecule has 0 amide bonds. The number of rotatable bonds is 2. The summed E-state index contributed by atoms with van der Waals surface area (Å²) in [5, 5.41) is 5.27. The summed E-state index contributed by atoms with van der Waals surface area (Å²) in [6.45, 7) is 8.62. The summed E-state index contributed by atoms with van der Waals surface area (Å²) in [6, 6.07) is 39.4. The Morgan fingerprint density at radius 2 is 1.16 bits per heavy atom. The van der Waals surface area contributed by atoms with Gasteiger partial charge in [-0.3, -0.25) is 0 Å². The lowest BCUT2D eigenvalue weighted by Gasteiger charge is -2.63. The first-order valence-electron chi connectivity index (χ1n) is 19.3. The van der Waals surface area contributed by atoms with Gasteiger partial charge in [0.25, 0.3) is 0 Å². The van der Waals surface area contributed by atoms with Crippen LogP contribution in [0.25, 0.3) is 55.0 Å². The molecule has 13 rings (SSSR count). The molecule has 2 aliphatic heterocycles. The Bertz CT molecular complexity index is 2540. The topological polar surface area (TPSA) is 28.3 Å². The summed E-state index contributed by atoms with van der Waals surface area (Å²) in [5.41, 5.74) is 11.2. The molecule has 5 fully saturated rings. The highest BCUT2D eigenvalue weighted by Gasteiger charge is 2.61. The molecular formula is C46H43BN2O2. The first-order chi connectivity index (χ1) is 24.7. The Kier molecular flexibility index (Phi) is 5.49. The molecule has 0 N–H and O–H groups in total. The van der Waals surface area contributed by atoms with Crippen LogP contribution in [-0.4, -0.2) is 27.5 Å². The van der Waals surface area contributed by atoms with E-state index in [0.29, 0.717) is 11.8 Å². The fraction of sp³-hybridized carbons (Fsp3) is 0.348. The van der Waals surface area contributed by atoms with Gasteiger partial charge in [0, 0.05) is 38.3 Å². The lowest BCUT2D eigenvalue weighted by atomic mass is 9.41. The molecule has 1 saturated heterocycles. The van der Waals surface area contributed by atoms with Crippen LogP contribution in [0.15, 0.2) is 103 Å². The molecular weight excluding hydrogens is 623 g/mol. The van der Waals surface area contributed by atoms with Crippen molar-refractivity contribution in [3.05, 3.63) is 114 Å². The van der Waals surface area contributed by atoms with E-state index in [9.17, 15) is 0 Å². The number of nitrogens with zero attached hydrogens (tertiary/aromatic N) is 2. The number of benzene rings is 5. The minimum absolute atomic E-state index is 0.0385. The maximum absolute atomic E-state index is 6.68. The number of fused-ring (bicyclic) bond motifs is 8. The van der Waals surface area contributed by atoms with Crippen LogP contribution in [0, 0.1) is 23.7 Å². The molecule has 51 heavy (non-hydrogen) atoms. The van der Waals surface area contributed by atoms with E-state index in [1.165, 1.54) is 92.7 Å². The average Bonchev–Trinajstić information content (AvgIpc) is 3.72. The van der Waals surface area contributed by atoms with Gasteiger partial charge in [-0.1, -0.05) is 66.7 Å². The van der Waals surface area contributed by atoms with Crippen LogP contribution in [-0.2, 0) is 14.7 Å². The minimum Gasteiger partial charge on any atom is -0.399 e. The number of hydrogen-bond acceptors (Lipinski definition) is 2. The second-order valence-corrected chi connectivity index (χ2v) is 17.6. The summed E-state index contributed by atoms with van der Waals surface area (Å²) in [5.74, 6) is 3.15. The molecule has 4 saturated carbocycles. The van der Waals surface area contributed by atoms with Gasteiger partial charge in [0.05, 0.1) is 33.3 Å². The summed E-state index contributed by atoms with van der Waals surface area (Å²) in [6.07, 6.45) is 6.90. The smallest absolute Gasteiger partial charge is 0.399 e. The maximum Gasteiger partial charge on any atom is 0.494 e. The van der Waals surface area contributed by atoms with Gasteiger partial charge < -0.3 is 18.4 Å². The van der Waals surface area contributed by atoms with E-state index in [-0.39, 0.29) is 16.6 Å². The van der Waals surface area contributed by atoms with Crippen molar-refractivity contribution in [2.75, 3.05) is 0 Å². The fourth-order valence-electron chi connectivity index (χ4n) is 12.1. The number of aromatic nitrogens is 2. The second kappa shape index (κ2) is 9.56. The van der Waals surface area contributed by atoms with Crippen molar-refractivity contribution >= 4 is 56.2 Å². The first kappa shape index (κ1) is 29.3. The zero-order valence-corrected chi connectivity index (χ0v) is 29.9. The summed E-state index contributed by atoms with van der Waals surface area (Å²) in [4.78, 5) is 0. The molecule has 0 unspecified atom stereocenters. The Balaban J connectivity index is 1.15. The molecule has 4 aliphatic carbocycles. The average molecular weight is 667 g/mol. The van der Waals surface area contributed by atoms with Crippen molar-refractivity contribution in [3.63, 3.8) is 0 Å². The van der Waals surface area contributed by atoms with Crippen LogP contribution >= 0.6 is 0 Å². The highest BCUT2D eigenvalue weighted by Crippen LogP contribution is 2.68. The zero-order valence-electron chi connectivity index (χ0n) is 29.9. The third-order valence-corrected chi connectivity index (χ3v) is 14.7. The quantitative estimate of drug-likeness (QED) is 0.172. The van der Waals surface area contributed by atoms with Gasteiger partial charge in [0.15, 0.2) is 0 Å². The first-order valence-corrected chi connectivity index (χ1v) is 19.3. The van der Waals surface area contributed by atoms with Gasteiger partial charge in [-0.25, -0.2) is 0 Å². The monoisotopic (exact) mass is 666 g/mol. The Morgan fingerprint density at radius 1 is 0.549 bits per heavy atom. The van der Waals surface area contributed by atoms with Crippen molar-refractivity contribution in [3.8, 4) is 11.4 Å². The van der Waals surface area contributed by atoms with Crippen molar-refractivity contribution in [1.82, 2.24) is 9.13 Å². The van der Waals surface area contributed by atoms with E-state index in [1.807, 2.05) is 0 Å². The van der Waals surface area contributed by atoms with Gasteiger partial charge >= 0.3 is 7.12 Å². The van der Waals surface area contributed by atoms with Gasteiger partial charge in [0.2, 0.25) is 0 Å². The summed E-state index contributed by atoms with van der Waals surface area (Å²) in [7, 11) is -0.397. The molecule has 7 aromatic rings. The Hall–Kier alpha value is -4.32. The van der Waals surface area contributed by atoms with Crippen LogP contribution in [0.4, 0.5) is 0 Å². The van der Waals surface area contributed by atoms with E-state index >= 15 is 0 Å². The fourth-order valence-corrected chi connectivity index (χ4v) is 12.1. The van der Waals surface area contributed by atoms with Crippen LogP contribution in [0.3, 0.4) is 0 Å². The van der Waals surface area contributed by atoms with Crippen molar-refractivity contribution in [2.24, 2.45) is 23.7 Å². The highest BCUT2D eigenvalue weighted by atomic mass is 16.7. The standard InChI is InChI=1S/C46H43BN2O2/c1-44(2)45(3,4)51-47(50-44)31-16-18-37-42(25-31)49-41-19-17-32(48-39-14-7-5-10-33(39)34-11-6-8-15-40(34)48)26-36(41)35-12-9-13-38(43(35)49)46(37)29-21-27-20-28(23-29)24-30(46)22-27/h5-19,25-30H,20-24H2,1-4H3. The van der Waals surface area contributed by atoms with Crippen molar-refractivity contribution in [2.45, 2.75) is 76.4 Å². The molecule has 4 nitrogen and oxygen atoms in total. The molecule has 2 aromatic heterocycles. The molecule has 5 aromatic carbocycles. The zero-order chi connectivity index (χ0) is 34.0. The SMILES string of the molecule is CC1(C)OB(c2ccc3c(c2)-n2c4ccc(-n5c6ccccc6c6ccccc65)cc4c4cccc(c42)C32C3CC4CC(C3)CC2C4)OC1(C)C. The third kappa shape index (κ3) is 3.55. The van der Waals surface area contributed by atoms with Gasteiger partial charge in [0.1, 0.15) is 0 Å². The normalized spacial score (nSPS) is 28.2. The van der Waals surface area contributed by atoms with Crippen LogP contribution in [0.5, 0.6) is 0 Å². The lowest BCUT2D eigenvalue weighted by molar-refractivity contribution is -0.0418. The maximum atomic E-state index is 6.68. The summed E-state index contributed by atoms with van der Waals surface area (Å²) >= 11 is 0. The van der Waals surface area contributed by atoms with E-state index in [2.05, 4.69) is 140 Å². The molecule has 0 atom stereocenters. The van der Waals surface area contributed by atoms with Crippen LogP contribution in [0.1, 0.15) is 70.9 Å². The van der Waals surface area contributed by atoms with Crippen LogP contribution in [0.2, 0.25) is 0 Å². The number of hydrogen-bond donors (Lipinski definition) is 0. The molecule has 252 valence electrons. The third-order valence-electron chi connectivity index (χ3n) is 14.7. The molecule has 4 heterocycles. The van der Waals surface area contributed by atoms with E-state index in [4.69, 9.17) is 9.31 Å². The van der Waals surface area contributed by atoms with E-state index in [1.54, 1.807) is 5.56 Å². The molecule has 4 bridgehead atoms. The predicted molar refractivity (Wildman–Crippen MR) is 209 cm³/mol. The van der Waals surface area contributed by atoms with Crippen molar-refractivity contribution in [1.29, 1.82) is 0 Å². The van der Waals surface area contributed by atoms with Gasteiger partial charge in [-0.2, -0.15) is 0 Å². The molecule has 6 aliphatic rings. The van der Waals surface area contributed by atoms with Crippen molar-refractivity contribution < 1.29 is 9.31 Å². The highest BCUT2D eigenvalue weighted by molar-refractivity contribution is 6.62. The van der Waals surface area contributed by atoms with E-state index < -0.39 is 7.12 Å². The van der Waals surface area contributed by atoms with Crippen LogP contribution < -0.4 is 5.46 Å². The number of para-hydroxylation sites is 3.